The van der Waals surface area contributed by atoms with Crippen LogP contribution >= 0.6 is 24.0 Å². The van der Waals surface area contributed by atoms with Crippen molar-refractivity contribution in [3.8, 4) is 0 Å². The van der Waals surface area contributed by atoms with E-state index in [1.54, 1.807) is 0 Å². The summed E-state index contributed by atoms with van der Waals surface area (Å²) in [6.07, 6.45) is 6.85. The summed E-state index contributed by atoms with van der Waals surface area (Å²) < 4.78 is 13.0. The van der Waals surface area contributed by atoms with E-state index in [-0.39, 0.29) is 29.8 Å². The van der Waals surface area contributed by atoms with Crippen LogP contribution in [0.25, 0.3) is 0 Å². The fourth-order valence-corrected chi connectivity index (χ4v) is 3.57. The fraction of sp³-hybridized carbons (Fsp3) is 0.455. The standard InChI is InChI=1S/C22H30FN5.HI/c1-17-15-25-11-7-19(17)8-12-26-22(24-2)27-21-9-13-28(14-10-21)16-18-3-5-20(23)6-4-18;/h3-7,11,15,21H,8-10,12-14,16H2,1-2H3,(H2,24,26,27);1H. The number of halogens is 2. The highest BCUT2D eigenvalue weighted by atomic mass is 127. The number of pyridine rings is 1. The minimum absolute atomic E-state index is 0. The number of aryl methyl sites for hydroxylation is 1. The molecule has 7 heteroatoms. The SMILES string of the molecule is CN=C(NCCc1ccncc1C)NC1CCN(Cc2ccc(F)cc2)CC1.I. The molecule has 2 aromatic rings. The normalized spacial score (nSPS) is 15.6. The van der Waals surface area contributed by atoms with Crippen molar-refractivity contribution in [3.63, 3.8) is 0 Å². The van der Waals surface area contributed by atoms with Crippen LogP contribution < -0.4 is 10.6 Å². The highest BCUT2D eigenvalue weighted by molar-refractivity contribution is 14.0. The first kappa shape index (κ1) is 23.5. The van der Waals surface area contributed by atoms with Crippen molar-refractivity contribution < 1.29 is 4.39 Å². The zero-order valence-electron chi connectivity index (χ0n) is 17.2. The van der Waals surface area contributed by atoms with Crippen molar-refractivity contribution in [3.05, 3.63) is 65.2 Å². The van der Waals surface area contributed by atoms with Crippen LogP contribution in [0.15, 0.2) is 47.7 Å². The number of piperidine rings is 1. The highest BCUT2D eigenvalue weighted by Gasteiger charge is 2.20. The Morgan fingerprint density at radius 3 is 2.59 bits per heavy atom. The molecule has 0 atom stereocenters. The molecule has 29 heavy (non-hydrogen) atoms. The Bertz CT molecular complexity index is 773. The molecule has 1 aliphatic heterocycles. The number of likely N-dealkylation sites (tertiary alicyclic amines) is 1. The zero-order valence-corrected chi connectivity index (χ0v) is 19.5. The van der Waals surface area contributed by atoms with Gasteiger partial charge in [-0.1, -0.05) is 12.1 Å². The number of guanidine groups is 1. The average molecular weight is 511 g/mol. The molecule has 0 unspecified atom stereocenters. The number of aromatic nitrogens is 1. The van der Waals surface area contributed by atoms with Gasteiger partial charge >= 0.3 is 0 Å². The maximum Gasteiger partial charge on any atom is 0.191 e. The van der Waals surface area contributed by atoms with E-state index in [0.29, 0.717) is 6.04 Å². The van der Waals surface area contributed by atoms with E-state index in [1.807, 2.05) is 31.6 Å². The van der Waals surface area contributed by atoms with Gasteiger partial charge in [0, 0.05) is 51.7 Å². The number of benzene rings is 1. The van der Waals surface area contributed by atoms with Gasteiger partial charge < -0.3 is 10.6 Å². The highest BCUT2D eigenvalue weighted by Crippen LogP contribution is 2.14. The predicted octanol–water partition coefficient (Wildman–Crippen LogP) is 3.52. The average Bonchev–Trinajstić information content (AvgIpc) is 2.71. The molecule has 2 N–H and O–H groups in total. The Labute approximate surface area is 190 Å². The smallest absolute Gasteiger partial charge is 0.191 e. The lowest BCUT2D eigenvalue weighted by Crippen LogP contribution is -2.48. The predicted molar refractivity (Wildman–Crippen MR) is 127 cm³/mol. The molecule has 2 heterocycles. The summed E-state index contributed by atoms with van der Waals surface area (Å²) in [4.78, 5) is 10.9. The van der Waals surface area contributed by atoms with Gasteiger partial charge in [-0.05, 0) is 61.1 Å². The van der Waals surface area contributed by atoms with Crippen molar-refractivity contribution in [1.82, 2.24) is 20.5 Å². The third kappa shape index (κ3) is 7.54. The summed E-state index contributed by atoms with van der Waals surface area (Å²) in [7, 11) is 1.82. The maximum atomic E-state index is 13.0. The number of nitrogens with zero attached hydrogens (tertiary/aromatic N) is 3. The first-order valence-electron chi connectivity index (χ1n) is 9.97. The van der Waals surface area contributed by atoms with Gasteiger partial charge in [0.1, 0.15) is 5.82 Å². The van der Waals surface area contributed by atoms with Gasteiger partial charge in [0.05, 0.1) is 0 Å². The first-order valence-corrected chi connectivity index (χ1v) is 9.97. The van der Waals surface area contributed by atoms with E-state index in [9.17, 15) is 4.39 Å². The Hall–Kier alpha value is -1.74. The van der Waals surface area contributed by atoms with E-state index in [0.717, 1.165) is 57.0 Å². The molecule has 1 aromatic heterocycles. The minimum atomic E-state index is -0.176. The number of hydrogen-bond acceptors (Lipinski definition) is 3. The quantitative estimate of drug-likeness (QED) is 0.354. The number of hydrogen-bond donors (Lipinski definition) is 2. The second kappa shape index (κ2) is 12.1. The van der Waals surface area contributed by atoms with E-state index >= 15 is 0 Å². The minimum Gasteiger partial charge on any atom is -0.356 e. The van der Waals surface area contributed by atoms with Crippen molar-refractivity contribution in [2.24, 2.45) is 4.99 Å². The molecule has 158 valence electrons. The van der Waals surface area contributed by atoms with Crippen LogP contribution in [0.1, 0.15) is 29.5 Å². The van der Waals surface area contributed by atoms with Crippen LogP contribution in [-0.4, -0.2) is 48.6 Å². The summed E-state index contributed by atoms with van der Waals surface area (Å²) in [6.45, 7) is 5.87. The second-order valence-corrected chi connectivity index (χ2v) is 7.37. The van der Waals surface area contributed by atoms with Gasteiger partial charge in [-0.2, -0.15) is 0 Å². The largest absolute Gasteiger partial charge is 0.356 e. The number of rotatable bonds is 6. The van der Waals surface area contributed by atoms with Crippen LogP contribution in [0.2, 0.25) is 0 Å². The molecule has 0 bridgehead atoms. The van der Waals surface area contributed by atoms with E-state index in [1.165, 1.54) is 23.3 Å². The van der Waals surface area contributed by atoms with Gasteiger partial charge in [-0.25, -0.2) is 4.39 Å². The van der Waals surface area contributed by atoms with Crippen molar-refractivity contribution in [2.75, 3.05) is 26.7 Å². The molecule has 1 aliphatic rings. The van der Waals surface area contributed by atoms with Crippen molar-refractivity contribution in [2.45, 2.75) is 38.8 Å². The molecule has 0 radical (unpaired) electrons. The van der Waals surface area contributed by atoms with Gasteiger partial charge in [-0.15, -0.1) is 24.0 Å². The lowest BCUT2D eigenvalue weighted by Gasteiger charge is -2.33. The molecule has 3 rings (SSSR count). The van der Waals surface area contributed by atoms with Crippen LogP contribution in [0.3, 0.4) is 0 Å². The van der Waals surface area contributed by atoms with Gasteiger partial charge in [0.25, 0.3) is 0 Å². The molecule has 1 saturated heterocycles. The van der Waals surface area contributed by atoms with Crippen LogP contribution in [0, 0.1) is 12.7 Å². The number of aliphatic imine (C=N–C) groups is 1. The summed E-state index contributed by atoms with van der Waals surface area (Å²) in [5.74, 6) is 0.688. The fourth-order valence-electron chi connectivity index (χ4n) is 3.57. The molecular weight excluding hydrogens is 480 g/mol. The summed E-state index contributed by atoms with van der Waals surface area (Å²) in [6, 6.07) is 9.31. The van der Waals surface area contributed by atoms with Crippen molar-refractivity contribution >= 4 is 29.9 Å². The van der Waals surface area contributed by atoms with E-state index in [2.05, 4.69) is 38.5 Å². The molecule has 5 nitrogen and oxygen atoms in total. The van der Waals surface area contributed by atoms with Crippen LogP contribution in [0.5, 0.6) is 0 Å². The molecule has 1 aromatic carbocycles. The first-order chi connectivity index (χ1) is 13.6. The Balaban J connectivity index is 0.00000300. The third-order valence-electron chi connectivity index (χ3n) is 5.29. The Morgan fingerprint density at radius 2 is 1.93 bits per heavy atom. The summed E-state index contributed by atoms with van der Waals surface area (Å²) >= 11 is 0. The Kier molecular flexibility index (Phi) is 9.80. The monoisotopic (exact) mass is 511 g/mol. The summed E-state index contributed by atoms with van der Waals surface area (Å²) in [5, 5.41) is 6.97. The molecule has 0 amide bonds. The van der Waals surface area contributed by atoms with Gasteiger partial charge in [0.15, 0.2) is 5.96 Å². The molecule has 0 spiro atoms. The van der Waals surface area contributed by atoms with Crippen molar-refractivity contribution in [1.29, 1.82) is 0 Å². The van der Waals surface area contributed by atoms with Gasteiger partial charge in [-0.3, -0.25) is 14.9 Å². The third-order valence-corrected chi connectivity index (χ3v) is 5.29. The van der Waals surface area contributed by atoms with Crippen LogP contribution in [-0.2, 0) is 13.0 Å². The van der Waals surface area contributed by atoms with E-state index in [4.69, 9.17) is 0 Å². The summed E-state index contributed by atoms with van der Waals surface area (Å²) in [5.41, 5.74) is 3.70. The molecule has 0 saturated carbocycles. The second-order valence-electron chi connectivity index (χ2n) is 7.37. The van der Waals surface area contributed by atoms with Crippen LogP contribution in [0.4, 0.5) is 4.39 Å². The maximum absolute atomic E-state index is 13.0. The molecular formula is C22H31FIN5. The zero-order chi connectivity index (χ0) is 19.8. The number of nitrogens with one attached hydrogen (secondary N) is 2. The van der Waals surface area contributed by atoms with E-state index < -0.39 is 0 Å². The lowest BCUT2D eigenvalue weighted by molar-refractivity contribution is 0.198. The molecule has 0 aliphatic carbocycles. The Morgan fingerprint density at radius 1 is 1.21 bits per heavy atom. The topological polar surface area (TPSA) is 52.6 Å². The molecule has 1 fully saturated rings. The lowest BCUT2D eigenvalue weighted by atomic mass is 10.0. The van der Waals surface area contributed by atoms with Gasteiger partial charge in [0.2, 0.25) is 0 Å².